The van der Waals surface area contributed by atoms with Crippen LogP contribution in [0.15, 0.2) is 29.6 Å². The Balaban J connectivity index is 1.92. The normalized spacial score (nSPS) is 10.2. The van der Waals surface area contributed by atoms with Gasteiger partial charge in [-0.3, -0.25) is 0 Å². The highest BCUT2D eigenvalue weighted by molar-refractivity contribution is 7.09. The minimum atomic E-state index is -0.173. The number of thiazole rings is 1. The van der Waals surface area contributed by atoms with Gasteiger partial charge in [-0.15, -0.1) is 11.3 Å². The highest BCUT2D eigenvalue weighted by Crippen LogP contribution is 2.23. The van der Waals surface area contributed by atoms with E-state index in [1.165, 1.54) is 11.3 Å². The average molecular weight is 291 g/mol. The molecule has 0 bridgehead atoms. The number of nitrogens with zero attached hydrogens (tertiary/aromatic N) is 1. The van der Waals surface area contributed by atoms with E-state index in [1.54, 1.807) is 12.1 Å². The number of phenols is 1. The van der Waals surface area contributed by atoms with Crippen LogP contribution in [-0.2, 0) is 6.54 Å². The number of urea groups is 1. The minimum Gasteiger partial charge on any atom is -0.508 e. The van der Waals surface area contributed by atoms with E-state index in [1.807, 2.05) is 24.4 Å². The van der Waals surface area contributed by atoms with Crippen molar-refractivity contribution in [2.75, 3.05) is 6.54 Å². The van der Waals surface area contributed by atoms with Gasteiger partial charge in [0.15, 0.2) is 0 Å². The fourth-order valence-corrected chi connectivity index (χ4v) is 2.36. The number of carbonyl (C=O) groups is 1. The molecule has 0 saturated carbocycles. The Morgan fingerprint density at radius 2 is 2.05 bits per heavy atom. The molecule has 106 valence electrons. The first-order chi connectivity index (χ1) is 9.69. The molecular formula is C14H17N3O2S. The summed E-state index contributed by atoms with van der Waals surface area (Å²) in [6.07, 6.45) is 0.912. The molecule has 0 aliphatic carbocycles. The Bertz CT molecular complexity index is 566. The molecule has 2 aromatic rings. The number of benzene rings is 1. The van der Waals surface area contributed by atoms with Crippen LogP contribution in [0.3, 0.4) is 0 Å². The molecule has 1 aromatic carbocycles. The zero-order chi connectivity index (χ0) is 14.4. The van der Waals surface area contributed by atoms with E-state index in [-0.39, 0.29) is 11.8 Å². The molecule has 2 amide bonds. The van der Waals surface area contributed by atoms with Crippen molar-refractivity contribution in [3.8, 4) is 17.0 Å². The molecule has 1 aromatic heterocycles. The summed E-state index contributed by atoms with van der Waals surface area (Å²) in [5.74, 6) is 0.235. The van der Waals surface area contributed by atoms with Gasteiger partial charge in [0.25, 0.3) is 0 Å². The van der Waals surface area contributed by atoms with Crippen LogP contribution >= 0.6 is 11.3 Å². The standard InChI is InChI=1S/C14H17N3O2S/c1-2-7-15-14(19)16-8-13-17-12(9-20-13)10-3-5-11(18)6-4-10/h3-6,9,18H,2,7-8H2,1H3,(H2,15,16,19). The van der Waals surface area contributed by atoms with Gasteiger partial charge in [0, 0.05) is 17.5 Å². The van der Waals surface area contributed by atoms with Crippen molar-refractivity contribution in [3.05, 3.63) is 34.7 Å². The van der Waals surface area contributed by atoms with Gasteiger partial charge in [-0.1, -0.05) is 6.92 Å². The Morgan fingerprint density at radius 3 is 2.75 bits per heavy atom. The number of hydrogen-bond acceptors (Lipinski definition) is 4. The first-order valence-electron chi connectivity index (χ1n) is 6.44. The van der Waals surface area contributed by atoms with E-state index in [2.05, 4.69) is 15.6 Å². The maximum absolute atomic E-state index is 11.4. The summed E-state index contributed by atoms with van der Waals surface area (Å²) in [6, 6.07) is 6.72. The lowest BCUT2D eigenvalue weighted by atomic mass is 10.2. The first-order valence-corrected chi connectivity index (χ1v) is 7.32. The molecule has 3 N–H and O–H groups in total. The number of amides is 2. The van der Waals surface area contributed by atoms with E-state index in [0.717, 1.165) is 22.7 Å². The number of carbonyl (C=O) groups excluding carboxylic acids is 1. The van der Waals surface area contributed by atoms with Crippen molar-refractivity contribution in [1.29, 1.82) is 0 Å². The Labute approximate surface area is 121 Å². The summed E-state index contributed by atoms with van der Waals surface area (Å²) >= 11 is 1.50. The SMILES string of the molecule is CCCNC(=O)NCc1nc(-c2ccc(O)cc2)cs1. The number of aromatic hydroxyl groups is 1. The Morgan fingerprint density at radius 1 is 1.30 bits per heavy atom. The van der Waals surface area contributed by atoms with Crippen molar-refractivity contribution >= 4 is 17.4 Å². The van der Waals surface area contributed by atoms with Crippen LogP contribution in [-0.4, -0.2) is 22.7 Å². The summed E-state index contributed by atoms with van der Waals surface area (Å²) in [6.45, 7) is 3.09. The van der Waals surface area contributed by atoms with E-state index in [4.69, 9.17) is 0 Å². The third kappa shape index (κ3) is 3.96. The van der Waals surface area contributed by atoms with Gasteiger partial charge in [-0.05, 0) is 30.7 Å². The van der Waals surface area contributed by atoms with Crippen molar-refractivity contribution in [2.24, 2.45) is 0 Å². The maximum Gasteiger partial charge on any atom is 0.315 e. The second-order valence-electron chi connectivity index (χ2n) is 4.28. The van der Waals surface area contributed by atoms with Gasteiger partial charge in [0.05, 0.1) is 12.2 Å². The van der Waals surface area contributed by atoms with Crippen LogP contribution in [0, 0.1) is 0 Å². The zero-order valence-electron chi connectivity index (χ0n) is 11.2. The molecule has 0 unspecified atom stereocenters. The van der Waals surface area contributed by atoms with Crippen molar-refractivity contribution in [3.63, 3.8) is 0 Å². The monoisotopic (exact) mass is 291 g/mol. The molecule has 0 radical (unpaired) electrons. The van der Waals surface area contributed by atoms with Gasteiger partial charge in [0.2, 0.25) is 0 Å². The highest BCUT2D eigenvalue weighted by atomic mass is 32.1. The molecular weight excluding hydrogens is 274 g/mol. The van der Waals surface area contributed by atoms with Crippen LogP contribution < -0.4 is 10.6 Å². The number of phenolic OH excluding ortho intramolecular Hbond substituents is 1. The van der Waals surface area contributed by atoms with E-state index in [9.17, 15) is 9.90 Å². The molecule has 0 aliphatic rings. The molecule has 6 heteroatoms. The first kappa shape index (κ1) is 14.3. The fraction of sp³-hybridized carbons (Fsp3) is 0.286. The summed E-state index contributed by atoms with van der Waals surface area (Å²) in [5.41, 5.74) is 1.79. The number of rotatable bonds is 5. The Hall–Kier alpha value is -2.08. The predicted octanol–water partition coefficient (Wildman–Crippen LogP) is 2.72. The molecule has 0 aliphatic heterocycles. The molecule has 20 heavy (non-hydrogen) atoms. The van der Waals surface area contributed by atoms with Gasteiger partial charge in [-0.2, -0.15) is 0 Å². The summed E-state index contributed by atoms with van der Waals surface area (Å²) in [7, 11) is 0. The van der Waals surface area contributed by atoms with Crippen LogP contribution in [0.25, 0.3) is 11.3 Å². The molecule has 0 saturated heterocycles. The molecule has 0 spiro atoms. The van der Waals surface area contributed by atoms with Gasteiger partial charge >= 0.3 is 6.03 Å². The highest BCUT2D eigenvalue weighted by Gasteiger charge is 2.06. The lowest BCUT2D eigenvalue weighted by Gasteiger charge is -2.04. The van der Waals surface area contributed by atoms with Crippen LogP contribution in [0.2, 0.25) is 0 Å². The molecule has 0 atom stereocenters. The van der Waals surface area contributed by atoms with Crippen LogP contribution in [0.1, 0.15) is 18.4 Å². The fourth-order valence-electron chi connectivity index (χ4n) is 1.61. The lowest BCUT2D eigenvalue weighted by Crippen LogP contribution is -2.35. The van der Waals surface area contributed by atoms with Crippen molar-refractivity contribution in [1.82, 2.24) is 15.6 Å². The summed E-state index contributed by atoms with van der Waals surface area (Å²) in [4.78, 5) is 15.9. The maximum atomic E-state index is 11.4. The van der Waals surface area contributed by atoms with E-state index < -0.39 is 0 Å². The summed E-state index contributed by atoms with van der Waals surface area (Å²) in [5, 5.41) is 17.5. The number of hydrogen-bond donors (Lipinski definition) is 3. The van der Waals surface area contributed by atoms with Gasteiger partial charge in [0.1, 0.15) is 10.8 Å². The molecule has 1 heterocycles. The largest absolute Gasteiger partial charge is 0.508 e. The smallest absolute Gasteiger partial charge is 0.315 e. The zero-order valence-corrected chi connectivity index (χ0v) is 12.0. The van der Waals surface area contributed by atoms with Crippen molar-refractivity contribution in [2.45, 2.75) is 19.9 Å². The quantitative estimate of drug-likeness (QED) is 0.793. The second-order valence-corrected chi connectivity index (χ2v) is 5.23. The van der Waals surface area contributed by atoms with Crippen LogP contribution in [0.4, 0.5) is 4.79 Å². The lowest BCUT2D eigenvalue weighted by molar-refractivity contribution is 0.240. The molecule has 2 rings (SSSR count). The third-order valence-corrected chi connectivity index (χ3v) is 3.50. The van der Waals surface area contributed by atoms with Gasteiger partial charge in [-0.25, -0.2) is 9.78 Å². The minimum absolute atomic E-state index is 0.173. The van der Waals surface area contributed by atoms with Crippen molar-refractivity contribution < 1.29 is 9.90 Å². The summed E-state index contributed by atoms with van der Waals surface area (Å²) < 4.78 is 0. The third-order valence-electron chi connectivity index (χ3n) is 2.65. The molecule has 5 nitrogen and oxygen atoms in total. The average Bonchev–Trinajstić information content (AvgIpc) is 2.92. The van der Waals surface area contributed by atoms with Crippen LogP contribution in [0.5, 0.6) is 5.75 Å². The molecule has 0 fully saturated rings. The second kappa shape index (κ2) is 6.91. The predicted molar refractivity (Wildman–Crippen MR) is 79.7 cm³/mol. The number of aromatic nitrogens is 1. The van der Waals surface area contributed by atoms with Gasteiger partial charge < -0.3 is 15.7 Å². The Kier molecular flexibility index (Phi) is 4.95. The van der Waals surface area contributed by atoms with E-state index >= 15 is 0 Å². The van der Waals surface area contributed by atoms with E-state index in [0.29, 0.717) is 13.1 Å². The topological polar surface area (TPSA) is 74.2 Å². The number of nitrogens with one attached hydrogen (secondary N) is 2.